The van der Waals surface area contributed by atoms with Crippen LogP contribution in [0.1, 0.15) is 5.56 Å². The Bertz CT molecular complexity index is 999. The molecule has 1 heteroatoms. The molecule has 0 atom stereocenters. The van der Waals surface area contributed by atoms with Crippen molar-refractivity contribution in [3.8, 4) is 39.4 Å². The van der Waals surface area contributed by atoms with Crippen LogP contribution in [0, 0.1) is 11.3 Å². The van der Waals surface area contributed by atoms with Crippen molar-refractivity contribution in [2.24, 2.45) is 0 Å². The van der Waals surface area contributed by atoms with E-state index in [0.717, 1.165) is 33.4 Å². The topological polar surface area (TPSA) is 23.8 Å². The van der Waals surface area contributed by atoms with E-state index >= 15 is 0 Å². The van der Waals surface area contributed by atoms with Crippen LogP contribution in [0.4, 0.5) is 0 Å². The Labute approximate surface area is 153 Å². The third kappa shape index (κ3) is 3.01. The number of nitriles is 1. The quantitative estimate of drug-likeness (QED) is 0.417. The molecule has 0 aromatic heterocycles. The molecule has 0 radical (unpaired) electrons. The van der Waals surface area contributed by atoms with Crippen LogP contribution in [0.2, 0.25) is 0 Å². The van der Waals surface area contributed by atoms with Gasteiger partial charge in [0.25, 0.3) is 0 Å². The Hall–Kier alpha value is -3.63. The van der Waals surface area contributed by atoms with E-state index in [1.165, 1.54) is 0 Å². The average Bonchev–Trinajstić information content (AvgIpc) is 2.74. The van der Waals surface area contributed by atoms with Crippen LogP contribution in [-0.2, 0) is 0 Å². The molecule has 0 aliphatic carbocycles. The summed E-state index contributed by atoms with van der Waals surface area (Å²) >= 11 is 0. The lowest BCUT2D eigenvalue weighted by atomic mass is 9.88. The highest BCUT2D eigenvalue weighted by molar-refractivity contribution is 5.87. The van der Waals surface area contributed by atoms with Gasteiger partial charge in [0, 0.05) is 11.1 Å². The van der Waals surface area contributed by atoms with Gasteiger partial charge < -0.3 is 0 Å². The van der Waals surface area contributed by atoms with Gasteiger partial charge in [0.05, 0.1) is 5.56 Å². The van der Waals surface area contributed by atoms with Crippen molar-refractivity contribution in [3.05, 3.63) is 109 Å². The van der Waals surface area contributed by atoms with Crippen molar-refractivity contribution in [1.82, 2.24) is 0 Å². The van der Waals surface area contributed by atoms with Gasteiger partial charge in [-0.05, 0) is 34.4 Å². The maximum atomic E-state index is 9.93. The minimum Gasteiger partial charge on any atom is -0.192 e. The number of benzene rings is 4. The molecule has 0 unspecified atom stereocenters. The molecule has 122 valence electrons. The molecule has 0 saturated carbocycles. The van der Waals surface area contributed by atoms with Crippen molar-refractivity contribution in [2.75, 3.05) is 0 Å². The molecule has 0 aliphatic rings. The van der Waals surface area contributed by atoms with Gasteiger partial charge in [0.2, 0.25) is 0 Å². The summed E-state index contributed by atoms with van der Waals surface area (Å²) in [5, 5.41) is 9.93. The minimum absolute atomic E-state index is 0.710. The zero-order valence-electron chi connectivity index (χ0n) is 14.3. The lowest BCUT2D eigenvalue weighted by molar-refractivity contribution is 1.47. The monoisotopic (exact) mass is 331 g/mol. The number of hydrogen-bond donors (Lipinski definition) is 0. The van der Waals surface area contributed by atoms with Gasteiger partial charge in [-0.25, -0.2) is 0 Å². The molecule has 0 heterocycles. The van der Waals surface area contributed by atoms with Gasteiger partial charge in [-0.15, -0.1) is 0 Å². The van der Waals surface area contributed by atoms with Crippen LogP contribution in [0.3, 0.4) is 0 Å². The summed E-state index contributed by atoms with van der Waals surface area (Å²) in [4.78, 5) is 0. The van der Waals surface area contributed by atoms with Crippen LogP contribution in [0.5, 0.6) is 0 Å². The van der Waals surface area contributed by atoms with E-state index in [4.69, 9.17) is 0 Å². The van der Waals surface area contributed by atoms with E-state index in [1.807, 2.05) is 54.6 Å². The van der Waals surface area contributed by atoms with Crippen molar-refractivity contribution in [3.63, 3.8) is 0 Å². The highest BCUT2D eigenvalue weighted by Crippen LogP contribution is 2.36. The fourth-order valence-electron chi connectivity index (χ4n) is 3.25. The van der Waals surface area contributed by atoms with Crippen molar-refractivity contribution < 1.29 is 0 Å². The van der Waals surface area contributed by atoms with E-state index in [9.17, 15) is 5.26 Å². The van der Waals surface area contributed by atoms with Crippen LogP contribution in [0.15, 0.2) is 103 Å². The molecular formula is C25H17N. The predicted octanol–water partition coefficient (Wildman–Crippen LogP) is 6.56. The molecule has 26 heavy (non-hydrogen) atoms. The number of hydrogen-bond acceptors (Lipinski definition) is 1. The fraction of sp³-hybridized carbons (Fsp3) is 0. The predicted molar refractivity (Wildman–Crippen MR) is 107 cm³/mol. The molecule has 0 bridgehead atoms. The fourth-order valence-corrected chi connectivity index (χ4v) is 3.25. The Morgan fingerprint density at radius 3 is 1.23 bits per heavy atom. The van der Waals surface area contributed by atoms with Crippen molar-refractivity contribution in [1.29, 1.82) is 5.26 Å². The molecular weight excluding hydrogens is 314 g/mol. The Morgan fingerprint density at radius 1 is 0.462 bits per heavy atom. The first kappa shape index (κ1) is 15.9. The highest BCUT2D eigenvalue weighted by atomic mass is 14.3. The first-order chi connectivity index (χ1) is 12.9. The summed E-state index contributed by atoms with van der Waals surface area (Å²) in [5.41, 5.74) is 7.01. The van der Waals surface area contributed by atoms with Crippen LogP contribution in [0.25, 0.3) is 33.4 Å². The maximum Gasteiger partial charge on any atom is 0.100 e. The summed E-state index contributed by atoms with van der Waals surface area (Å²) in [6.07, 6.45) is 0. The summed E-state index contributed by atoms with van der Waals surface area (Å²) < 4.78 is 0. The first-order valence-corrected chi connectivity index (χ1v) is 8.61. The van der Waals surface area contributed by atoms with Gasteiger partial charge in [0.1, 0.15) is 6.07 Å². The lowest BCUT2D eigenvalue weighted by Gasteiger charge is -2.14. The molecule has 4 rings (SSSR count). The molecule has 4 aromatic rings. The minimum atomic E-state index is 0.710. The second kappa shape index (κ2) is 7.09. The number of rotatable bonds is 3. The van der Waals surface area contributed by atoms with E-state index in [1.54, 1.807) is 0 Å². The average molecular weight is 331 g/mol. The van der Waals surface area contributed by atoms with Gasteiger partial charge >= 0.3 is 0 Å². The number of nitrogens with zero attached hydrogens (tertiary/aromatic N) is 1. The second-order valence-electron chi connectivity index (χ2n) is 6.16. The van der Waals surface area contributed by atoms with Gasteiger partial charge in [-0.1, -0.05) is 91.0 Å². The van der Waals surface area contributed by atoms with E-state index in [-0.39, 0.29) is 0 Å². The largest absolute Gasteiger partial charge is 0.192 e. The molecule has 0 spiro atoms. The third-order valence-corrected chi connectivity index (χ3v) is 4.53. The lowest BCUT2D eigenvalue weighted by Crippen LogP contribution is -1.92. The molecule has 4 aromatic carbocycles. The molecule has 0 saturated heterocycles. The molecule has 0 N–H and O–H groups in total. The SMILES string of the molecule is N#Cc1c(-c2ccccc2)cc(-c2ccccc2)cc1-c1ccccc1. The van der Waals surface area contributed by atoms with Crippen LogP contribution >= 0.6 is 0 Å². The Balaban J connectivity index is 2.03. The standard InChI is InChI=1S/C25H17N/c26-18-25-23(20-12-6-2-7-13-20)16-22(19-10-4-1-5-11-19)17-24(25)21-14-8-3-9-15-21/h1-17H. The highest BCUT2D eigenvalue weighted by Gasteiger charge is 2.14. The first-order valence-electron chi connectivity index (χ1n) is 8.61. The Morgan fingerprint density at radius 2 is 0.846 bits per heavy atom. The molecule has 1 nitrogen and oxygen atoms in total. The molecule has 0 aliphatic heterocycles. The smallest absolute Gasteiger partial charge is 0.100 e. The van der Waals surface area contributed by atoms with Crippen LogP contribution in [-0.4, -0.2) is 0 Å². The molecule has 0 fully saturated rings. The normalized spacial score (nSPS) is 10.3. The van der Waals surface area contributed by atoms with Crippen LogP contribution < -0.4 is 0 Å². The van der Waals surface area contributed by atoms with E-state index < -0.39 is 0 Å². The summed E-state index contributed by atoms with van der Waals surface area (Å²) in [6.45, 7) is 0. The van der Waals surface area contributed by atoms with E-state index in [0.29, 0.717) is 5.56 Å². The summed E-state index contributed by atoms with van der Waals surface area (Å²) in [5.74, 6) is 0. The van der Waals surface area contributed by atoms with Gasteiger partial charge in [0.15, 0.2) is 0 Å². The van der Waals surface area contributed by atoms with Crippen molar-refractivity contribution >= 4 is 0 Å². The zero-order chi connectivity index (χ0) is 17.8. The second-order valence-corrected chi connectivity index (χ2v) is 6.16. The molecule has 0 amide bonds. The zero-order valence-corrected chi connectivity index (χ0v) is 14.3. The maximum absolute atomic E-state index is 9.93. The summed E-state index contributed by atoms with van der Waals surface area (Å²) in [6, 6.07) is 37.2. The van der Waals surface area contributed by atoms with Gasteiger partial charge in [-0.3, -0.25) is 0 Å². The third-order valence-electron chi connectivity index (χ3n) is 4.53. The van der Waals surface area contributed by atoms with Crippen molar-refractivity contribution in [2.45, 2.75) is 0 Å². The summed E-state index contributed by atoms with van der Waals surface area (Å²) in [7, 11) is 0. The van der Waals surface area contributed by atoms with Gasteiger partial charge in [-0.2, -0.15) is 5.26 Å². The Kier molecular flexibility index (Phi) is 4.33. The van der Waals surface area contributed by atoms with E-state index in [2.05, 4.69) is 54.6 Å².